The number of ketones is 1. The molecule has 0 atom stereocenters. The molecule has 0 saturated carbocycles. The first-order chi connectivity index (χ1) is 12.3. The number of aromatic nitrogens is 2. The van der Waals surface area contributed by atoms with Gasteiger partial charge in [0.05, 0.1) is 27.6 Å². The van der Waals surface area contributed by atoms with Crippen LogP contribution < -0.4 is 0 Å². The van der Waals surface area contributed by atoms with E-state index in [2.05, 4.69) is 10.3 Å². The average molecular weight is 398 g/mol. The van der Waals surface area contributed by atoms with Crippen LogP contribution in [0.25, 0.3) is 0 Å². The number of oxime groups is 1. The minimum Gasteiger partial charge on any atom is -0.493 e. The van der Waals surface area contributed by atoms with Gasteiger partial charge in [-0.25, -0.2) is 13.1 Å². The number of aryl methyl sites for hydroxylation is 1. The standard InChI is InChI=1S/C16H16ClN3O5S/c1-3-20-16(22)10(8-18-20)15(21)9-4-5-12-13(14(9)17)11(19-25-2)6-7-26(12,23)24/h4-5,8,22H,3,6-7H2,1-2H3. The van der Waals surface area contributed by atoms with Crippen molar-refractivity contribution in [3.8, 4) is 5.88 Å². The first-order valence-corrected chi connectivity index (χ1v) is 9.80. The van der Waals surface area contributed by atoms with Crippen LogP contribution in [0.5, 0.6) is 5.88 Å². The summed E-state index contributed by atoms with van der Waals surface area (Å²) in [5.41, 5.74) is 0.549. The summed E-state index contributed by atoms with van der Waals surface area (Å²) in [6.07, 6.45) is 1.37. The lowest BCUT2D eigenvalue weighted by molar-refractivity contribution is 0.103. The summed E-state index contributed by atoms with van der Waals surface area (Å²) >= 11 is 6.39. The topological polar surface area (TPSA) is 111 Å². The van der Waals surface area contributed by atoms with Gasteiger partial charge in [0.15, 0.2) is 9.84 Å². The van der Waals surface area contributed by atoms with Crippen molar-refractivity contribution in [2.45, 2.75) is 24.8 Å². The highest BCUT2D eigenvalue weighted by Crippen LogP contribution is 2.35. The Bertz CT molecular complexity index is 1030. The summed E-state index contributed by atoms with van der Waals surface area (Å²) in [6.45, 7) is 2.16. The van der Waals surface area contributed by atoms with Crippen LogP contribution in [0, 0.1) is 0 Å². The molecule has 138 valence electrons. The largest absolute Gasteiger partial charge is 0.493 e. The zero-order valence-electron chi connectivity index (χ0n) is 14.1. The van der Waals surface area contributed by atoms with E-state index in [-0.39, 0.29) is 44.7 Å². The molecular formula is C16H16ClN3O5S. The third-order valence-corrected chi connectivity index (χ3v) is 6.28. The normalized spacial score (nSPS) is 17.1. The molecule has 0 spiro atoms. The summed E-state index contributed by atoms with van der Waals surface area (Å²) in [5.74, 6) is -0.949. The molecule has 0 unspecified atom stereocenters. The van der Waals surface area contributed by atoms with E-state index in [1.807, 2.05) is 0 Å². The van der Waals surface area contributed by atoms with Crippen molar-refractivity contribution >= 4 is 32.9 Å². The van der Waals surface area contributed by atoms with Crippen LogP contribution >= 0.6 is 11.6 Å². The van der Waals surface area contributed by atoms with E-state index in [9.17, 15) is 18.3 Å². The molecule has 0 radical (unpaired) electrons. The molecule has 1 aliphatic heterocycles. The molecule has 1 aromatic heterocycles. The number of rotatable bonds is 4. The molecule has 26 heavy (non-hydrogen) atoms. The lowest BCUT2D eigenvalue weighted by Crippen LogP contribution is -2.23. The average Bonchev–Trinajstić information content (AvgIpc) is 2.98. The van der Waals surface area contributed by atoms with Crippen molar-refractivity contribution in [1.29, 1.82) is 0 Å². The quantitative estimate of drug-likeness (QED) is 0.624. The van der Waals surface area contributed by atoms with E-state index in [1.165, 1.54) is 30.1 Å². The molecule has 0 saturated heterocycles. The summed E-state index contributed by atoms with van der Waals surface area (Å²) in [5, 5.41) is 17.8. The fourth-order valence-electron chi connectivity index (χ4n) is 2.84. The molecule has 0 amide bonds. The van der Waals surface area contributed by atoms with Crippen LogP contribution in [0.4, 0.5) is 0 Å². The Morgan fingerprint density at radius 3 is 2.77 bits per heavy atom. The molecule has 10 heteroatoms. The summed E-state index contributed by atoms with van der Waals surface area (Å²) in [7, 11) is -2.19. The van der Waals surface area contributed by atoms with E-state index < -0.39 is 15.6 Å². The molecule has 2 aromatic rings. The SMILES string of the molecule is CCn1ncc(C(=O)c2ccc3c(c2Cl)C(=NOC)CCS3(=O)=O)c1O. The van der Waals surface area contributed by atoms with Crippen LogP contribution in [0.2, 0.25) is 5.02 Å². The van der Waals surface area contributed by atoms with Gasteiger partial charge in [-0.05, 0) is 19.1 Å². The van der Waals surface area contributed by atoms with E-state index >= 15 is 0 Å². The lowest BCUT2D eigenvalue weighted by atomic mass is 9.99. The summed E-state index contributed by atoms with van der Waals surface area (Å²) in [6, 6.07) is 2.66. The number of sulfone groups is 1. The number of carbonyl (C=O) groups excluding carboxylic acids is 1. The van der Waals surface area contributed by atoms with Gasteiger partial charge in [-0.1, -0.05) is 16.8 Å². The molecule has 0 bridgehead atoms. The van der Waals surface area contributed by atoms with Gasteiger partial charge in [0.2, 0.25) is 11.7 Å². The number of nitrogens with zero attached hydrogens (tertiary/aromatic N) is 3. The Morgan fingerprint density at radius 2 is 2.15 bits per heavy atom. The second-order valence-corrected chi connectivity index (χ2v) is 8.07. The smallest absolute Gasteiger partial charge is 0.220 e. The van der Waals surface area contributed by atoms with Crippen molar-refractivity contribution < 1.29 is 23.2 Å². The summed E-state index contributed by atoms with van der Waals surface area (Å²) < 4.78 is 25.9. The van der Waals surface area contributed by atoms with Crippen LogP contribution in [-0.2, 0) is 21.2 Å². The third-order valence-electron chi connectivity index (χ3n) is 4.14. The maximum absolute atomic E-state index is 12.8. The fourth-order valence-corrected chi connectivity index (χ4v) is 4.75. The molecule has 1 aromatic carbocycles. The predicted octanol–water partition coefficient (Wildman–Crippen LogP) is 2.02. The Kier molecular flexibility index (Phi) is 4.76. The molecule has 8 nitrogen and oxygen atoms in total. The zero-order chi connectivity index (χ0) is 19.1. The van der Waals surface area contributed by atoms with Crippen molar-refractivity contribution in [3.05, 3.63) is 40.0 Å². The highest BCUT2D eigenvalue weighted by atomic mass is 35.5. The van der Waals surface area contributed by atoms with Gasteiger partial charge >= 0.3 is 0 Å². The molecular weight excluding hydrogens is 382 g/mol. The molecule has 1 aliphatic rings. The molecule has 1 N–H and O–H groups in total. The number of halogens is 1. The molecule has 2 heterocycles. The van der Waals surface area contributed by atoms with E-state index in [0.717, 1.165) is 0 Å². The van der Waals surface area contributed by atoms with Gasteiger partial charge in [0, 0.05) is 24.1 Å². The lowest BCUT2D eigenvalue weighted by Gasteiger charge is -2.20. The van der Waals surface area contributed by atoms with Crippen molar-refractivity contribution in [3.63, 3.8) is 0 Å². The number of hydrogen-bond acceptors (Lipinski definition) is 7. The first-order valence-electron chi connectivity index (χ1n) is 7.77. The van der Waals surface area contributed by atoms with Crippen LogP contribution in [0.15, 0.2) is 28.4 Å². The maximum atomic E-state index is 12.8. The minimum absolute atomic E-state index is 0.00887. The van der Waals surface area contributed by atoms with Gasteiger partial charge < -0.3 is 9.94 Å². The Balaban J connectivity index is 2.19. The van der Waals surface area contributed by atoms with Gasteiger partial charge in [0.1, 0.15) is 12.7 Å². The minimum atomic E-state index is -3.53. The van der Waals surface area contributed by atoms with Gasteiger partial charge in [-0.15, -0.1) is 0 Å². The highest BCUT2D eigenvalue weighted by molar-refractivity contribution is 7.91. The predicted molar refractivity (Wildman–Crippen MR) is 94.7 cm³/mol. The second kappa shape index (κ2) is 6.73. The Morgan fingerprint density at radius 1 is 1.42 bits per heavy atom. The Labute approximate surface area is 154 Å². The second-order valence-electron chi connectivity index (χ2n) is 5.62. The van der Waals surface area contributed by atoms with Gasteiger partial charge in [0.25, 0.3) is 0 Å². The van der Waals surface area contributed by atoms with E-state index in [1.54, 1.807) is 6.92 Å². The number of benzene rings is 1. The number of carbonyl (C=O) groups is 1. The van der Waals surface area contributed by atoms with Crippen LogP contribution in [0.1, 0.15) is 34.8 Å². The highest BCUT2D eigenvalue weighted by Gasteiger charge is 2.33. The molecule has 0 aliphatic carbocycles. The van der Waals surface area contributed by atoms with E-state index in [0.29, 0.717) is 12.3 Å². The van der Waals surface area contributed by atoms with Crippen LogP contribution in [0.3, 0.4) is 0 Å². The molecule has 0 fully saturated rings. The monoisotopic (exact) mass is 397 g/mol. The number of aromatic hydroxyl groups is 1. The maximum Gasteiger partial charge on any atom is 0.220 e. The fraction of sp³-hybridized carbons (Fsp3) is 0.312. The van der Waals surface area contributed by atoms with Gasteiger partial charge in [-0.2, -0.15) is 5.10 Å². The van der Waals surface area contributed by atoms with Crippen molar-refractivity contribution in [2.75, 3.05) is 12.9 Å². The van der Waals surface area contributed by atoms with E-state index in [4.69, 9.17) is 16.4 Å². The Hall–Kier alpha value is -2.39. The number of hydrogen-bond donors (Lipinski definition) is 1. The summed E-state index contributed by atoms with van der Waals surface area (Å²) in [4.78, 5) is 17.6. The third kappa shape index (κ3) is 2.86. The van der Waals surface area contributed by atoms with Crippen molar-refractivity contribution in [2.24, 2.45) is 5.16 Å². The first kappa shape index (κ1) is 18.4. The zero-order valence-corrected chi connectivity index (χ0v) is 15.6. The number of fused-ring (bicyclic) bond motifs is 1. The van der Waals surface area contributed by atoms with Gasteiger partial charge in [-0.3, -0.25) is 4.79 Å². The molecule has 3 rings (SSSR count). The van der Waals surface area contributed by atoms with Crippen molar-refractivity contribution in [1.82, 2.24) is 9.78 Å². The van der Waals surface area contributed by atoms with Crippen LogP contribution in [-0.4, -0.2) is 47.7 Å².